The Hall–Kier alpha value is -3.26. The number of hydrogen-bond donors (Lipinski definition) is 0. The molecule has 3 heterocycles. The molecule has 0 unspecified atom stereocenters. The van der Waals surface area contributed by atoms with E-state index in [0.717, 1.165) is 11.1 Å². The van der Waals surface area contributed by atoms with E-state index >= 15 is 0 Å². The first kappa shape index (κ1) is 18.1. The standard InChI is InChI=1S/C20H17N3O4S/c1-13-3-6-18(14(2)11-13)28(24,25)12-16-4-5-17(26-16)20-22-19(23-27-20)15-7-9-21-10-8-15/h3-11H,12H2,1-2H3. The quantitative estimate of drug-likeness (QED) is 0.504. The molecule has 0 aliphatic rings. The summed E-state index contributed by atoms with van der Waals surface area (Å²) in [4.78, 5) is 8.54. The maximum absolute atomic E-state index is 12.8. The number of furan rings is 1. The Labute approximate surface area is 162 Å². The number of sulfone groups is 1. The van der Waals surface area contributed by atoms with Crippen LogP contribution in [0.25, 0.3) is 23.0 Å². The van der Waals surface area contributed by atoms with Crippen molar-refractivity contribution in [2.45, 2.75) is 24.5 Å². The highest BCUT2D eigenvalue weighted by atomic mass is 32.2. The Morgan fingerprint density at radius 2 is 1.79 bits per heavy atom. The molecule has 0 saturated heterocycles. The second-order valence-electron chi connectivity index (χ2n) is 6.45. The van der Waals surface area contributed by atoms with Crippen LogP contribution in [-0.2, 0) is 15.6 Å². The van der Waals surface area contributed by atoms with E-state index in [0.29, 0.717) is 27.8 Å². The molecule has 4 aromatic rings. The highest BCUT2D eigenvalue weighted by Gasteiger charge is 2.21. The maximum atomic E-state index is 12.8. The molecular formula is C20H17N3O4S. The van der Waals surface area contributed by atoms with Gasteiger partial charge in [-0.3, -0.25) is 4.98 Å². The van der Waals surface area contributed by atoms with Crippen molar-refractivity contribution in [3.05, 3.63) is 71.7 Å². The van der Waals surface area contributed by atoms with Crippen LogP contribution in [0.5, 0.6) is 0 Å². The molecule has 142 valence electrons. The van der Waals surface area contributed by atoms with Crippen LogP contribution in [0, 0.1) is 13.8 Å². The zero-order valence-electron chi connectivity index (χ0n) is 15.3. The van der Waals surface area contributed by atoms with Crippen molar-refractivity contribution in [3.63, 3.8) is 0 Å². The van der Waals surface area contributed by atoms with Gasteiger partial charge in [0.2, 0.25) is 5.82 Å². The molecule has 0 atom stereocenters. The number of pyridine rings is 1. The number of aromatic nitrogens is 3. The Balaban J connectivity index is 1.57. The average molecular weight is 395 g/mol. The number of benzene rings is 1. The largest absolute Gasteiger partial charge is 0.455 e. The number of aryl methyl sites for hydroxylation is 2. The fraction of sp³-hybridized carbons (Fsp3) is 0.150. The Morgan fingerprint density at radius 1 is 1.00 bits per heavy atom. The number of hydrogen-bond acceptors (Lipinski definition) is 7. The SMILES string of the molecule is Cc1ccc(S(=O)(=O)Cc2ccc(-c3nc(-c4ccncc4)no3)o2)c(C)c1. The topological polar surface area (TPSA) is 99.1 Å². The molecule has 0 amide bonds. The summed E-state index contributed by atoms with van der Waals surface area (Å²) >= 11 is 0. The first-order valence-electron chi connectivity index (χ1n) is 8.55. The molecule has 0 bridgehead atoms. The molecular weight excluding hydrogens is 378 g/mol. The summed E-state index contributed by atoms with van der Waals surface area (Å²) in [5, 5.41) is 3.92. The van der Waals surface area contributed by atoms with Gasteiger partial charge in [-0.05, 0) is 49.7 Å². The van der Waals surface area contributed by atoms with Gasteiger partial charge in [0.05, 0.1) is 4.90 Å². The lowest BCUT2D eigenvalue weighted by Crippen LogP contribution is -2.06. The maximum Gasteiger partial charge on any atom is 0.293 e. The van der Waals surface area contributed by atoms with E-state index < -0.39 is 9.84 Å². The lowest BCUT2D eigenvalue weighted by atomic mass is 10.2. The molecule has 0 aliphatic carbocycles. The van der Waals surface area contributed by atoms with Crippen LogP contribution >= 0.6 is 0 Å². The second kappa shape index (κ2) is 7.05. The van der Waals surface area contributed by atoms with Crippen molar-refractivity contribution >= 4 is 9.84 Å². The van der Waals surface area contributed by atoms with E-state index in [1.165, 1.54) is 0 Å². The third kappa shape index (κ3) is 3.59. The van der Waals surface area contributed by atoms with Crippen molar-refractivity contribution in [1.82, 2.24) is 15.1 Å². The molecule has 8 heteroatoms. The van der Waals surface area contributed by atoms with Crippen molar-refractivity contribution in [2.75, 3.05) is 0 Å². The van der Waals surface area contributed by atoms with Gasteiger partial charge in [0.25, 0.3) is 5.89 Å². The number of nitrogens with zero attached hydrogens (tertiary/aromatic N) is 3. The van der Waals surface area contributed by atoms with Gasteiger partial charge in [0.15, 0.2) is 15.6 Å². The molecule has 7 nitrogen and oxygen atoms in total. The third-order valence-electron chi connectivity index (χ3n) is 4.23. The predicted molar refractivity (Wildman–Crippen MR) is 102 cm³/mol. The highest BCUT2D eigenvalue weighted by Crippen LogP contribution is 2.27. The van der Waals surface area contributed by atoms with Crippen molar-refractivity contribution in [3.8, 4) is 23.0 Å². The summed E-state index contributed by atoms with van der Waals surface area (Å²) in [6.07, 6.45) is 3.27. The van der Waals surface area contributed by atoms with Gasteiger partial charge in [-0.25, -0.2) is 8.42 Å². The smallest absolute Gasteiger partial charge is 0.293 e. The summed E-state index contributed by atoms with van der Waals surface area (Å²) < 4.78 is 36.4. The van der Waals surface area contributed by atoms with Crippen molar-refractivity contribution in [1.29, 1.82) is 0 Å². The Kier molecular flexibility index (Phi) is 4.56. The van der Waals surface area contributed by atoms with Crippen LogP contribution in [0.15, 0.2) is 68.7 Å². The lowest BCUT2D eigenvalue weighted by Gasteiger charge is -2.07. The van der Waals surface area contributed by atoms with Crippen molar-refractivity contribution in [2.24, 2.45) is 0 Å². The zero-order valence-corrected chi connectivity index (χ0v) is 16.1. The second-order valence-corrected chi connectivity index (χ2v) is 8.41. The van der Waals surface area contributed by atoms with Crippen LogP contribution in [0.3, 0.4) is 0 Å². The van der Waals surface area contributed by atoms with Gasteiger partial charge in [0.1, 0.15) is 11.5 Å². The third-order valence-corrected chi connectivity index (χ3v) is 6.03. The Morgan fingerprint density at radius 3 is 2.54 bits per heavy atom. The fourth-order valence-electron chi connectivity index (χ4n) is 2.93. The first-order chi connectivity index (χ1) is 13.4. The van der Waals surface area contributed by atoms with E-state index in [9.17, 15) is 8.42 Å². The summed E-state index contributed by atoms with van der Waals surface area (Å²) in [5.74, 6) is 0.958. The molecule has 0 spiro atoms. The summed E-state index contributed by atoms with van der Waals surface area (Å²) in [6.45, 7) is 3.71. The molecule has 0 N–H and O–H groups in total. The summed E-state index contributed by atoms with van der Waals surface area (Å²) in [6, 6.07) is 12.0. The number of rotatable bonds is 5. The van der Waals surface area contributed by atoms with Gasteiger partial charge in [-0.1, -0.05) is 22.9 Å². The van der Waals surface area contributed by atoms with Crippen LogP contribution in [0.4, 0.5) is 0 Å². The van der Waals surface area contributed by atoms with Crippen LogP contribution in [-0.4, -0.2) is 23.5 Å². The van der Waals surface area contributed by atoms with Gasteiger partial charge in [0, 0.05) is 18.0 Å². The van der Waals surface area contributed by atoms with Gasteiger partial charge in [-0.15, -0.1) is 0 Å². The molecule has 0 radical (unpaired) electrons. The van der Waals surface area contributed by atoms with Gasteiger partial charge >= 0.3 is 0 Å². The van der Waals surface area contributed by atoms with E-state index in [2.05, 4.69) is 15.1 Å². The zero-order chi connectivity index (χ0) is 19.7. The van der Waals surface area contributed by atoms with Crippen molar-refractivity contribution < 1.29 is 17.4 Å². The van der Waals surface area contributed by atoms with E-state index in [-0.39, 0.29) is 11.6 Å². The average Bonchev–Trinajstić information content (AvgIpc) is 3.31. The molecule has 0 aliphatic heterocycles. The predicted octanol–water partition coefficient (Wildman–Crippen LogP) is 3.98. The van der Waals surface area contributed by atoms with Crippen LogP contribution in [0.1, 0.15) is 16.9 Å². The fourth-order valence-corrected chi connectivity index (χ4v) is 4.44. The molecule has 4 rings (SSSR count). The normalized spacial score (nSPS) is 11.6. The van der Waals surface area contributed by atoms with Crippen LogP contribution in [0.2, 0.25) is 0 Å². The molecule has 3 aromatic heterocycles. The lowest BCUT2D eigenvalue weighted by molar-refractivity contribution is 0.413. The molecule has 28 heavy (non-hydrogen) atoms. The van der Waals surface area contributed by atoms with Gasteiger partial charge in [-0.2, -0.15) is 4.98 Å². The molecule has 0 fully saturated rings. The van der Waals surface area contributed by atoms with Crippen LogP contribution < -0.4 is 0 Å². The minimum absolute atomic E-state index is 0.182. The Bertz CT molecular complexity index is 1230. The van der Waals surface area contributed by atoms with E-state index in [1.807, 2.05) is 13.0 Å². The minimum Gasteiger partial charge on any atom is -0.455 e. The van der Waals surface area contributed by atoms with E-state index in [1.54, 1.807) is 55.7 Å². The first-order valence-corrected chi connectivity index (χ1v) is 10.2. The molecule has 1 aromatic carbocycles. The van der Waals surface area contributed by atoms with Gasteiger partial charge < -0.3 is 8.94 Å². The summed E-state index contributed by atoms with van der Waals surface area (Å²) in [5.41, 5.74) is 2.48. The monoisotopic (exact) mass is 395 g/mol. The van der Waals surface area contributed by atoms with E-state index in [4.69, 9.17) is 8.94 Å². The minimum atomic E-state index is -3.53. The highest BCUT2D eigenvalue weighted by molar-refractivity contribution is 7.90. The summed E-state index contributed by atoms with van der Waals surface area (Å²) in [7, 11) is -3.53. The molecule has 0 saturated carbocycles.